The second kappa shape index (κ2) is 3.57. The van der Waals surface area contributed by atoms with E-state index in [-0.39, 0.29) is 12.1 Å². The van der Waals surface area contributed by atoms with Crippen LogP contribution in [-0.2, 0) is 6.54 Å². The molecule has 3 N–H and O–H groups in total. The lowest BCUT2D eigenvalue weighted by Crippen LogP contribution is -2.34. The maximum absolute atomic E-state index is 9.22. The first-order valence-electron chi connectivity index (χ1n) is 5.60. The van der Waals surface area contributed by atoms with Crippen molar-refractivity contribution in [1.82, 2.24) is 15.3 Å². The van der Waals surface area contributed by atoms with E-state index in [1.54, 1.807) is 6.20 Å². The van der Waals surface area contributed by atoms with Crippen molar-refractivity contribution in [2.45, 2.75) is 24.9 Å². The lowest BCUT2D eigenvalue weighted by Gasteiger charge is -2.13. The highest BCUT2D eigenvalue weighted by atomic mass is 16.3. The fourth-order valence-corrected chi connectivity index (χ4v) is 1.98. The fourth-order valence-electron chi connectivity index (χ4n) is 1.98. The molecule has 3 rings (SSSR count). The van der Waals surface area contributed by atoms with Crippen LogP contribution in [0.15, 0.2) is 24.5 Å². The Kier molecular flexibility index (Phi) is 2.19. The highest BCUT2D eigenvalue weighted by Crippen LogP contribution is 2.35. The Bertz CT molecular complexity index is 502. The summed E-state index contributed by atoms with van der Waals surface area (Å²) in [6, 6.07) is 4.01. The van der Waals surface area contributed by atoms with Gasteiger partial charge in [0.1, 0.15) is 5.65 Å². The van der Waals surface area contributed by atoms with Gasteiger partial charge in [-0.1, -0.05) is 0 Å². The van der Waals surface area contributed by atoms with Gasteiger partial charge in [0.05, 0.1) is 6.61 Å². The number of rotatable bonds is 4. The van der Waals surface area contributed by atoms with Crippen molar-refractivity contribution >= 4 is 11.0 Å². The first-order chi connectivity index (χ1) is 7.83. The first-order valence-corrected chi connectivity index (χ1v) is 5.60. The molecular weight excluding hydrogens is 202 g/mol. The van der Waals surface area contributed by atoms with Crippen molar-refractivity contribution < 1.29 is 5.11 Å². The quantitative estimate of drug-likeness (QED) is 0.720. The molecule has 16 heavy (non-hydrogen) atoms. The predicted octanol–water partition coefficient (Wildman–Crippen LogP) is 1.18. The van der Waals surface area contributed by atoms with E-state index < -0.39 is 0 Å². The lowest BCUT2D eigenvalue weighted by molar-refractivity contribution is 0.230. The molecule has 0 aliphatic heterocycles. The summed E-state index contributed by atoms with van der Waals surface area (Å²) in [5.74, 6) is 0. The number of aliphatic hydroxyl groups excluding tert-OH is 1. The molecule has 4 nitrogen and oxygen atoms in total. The number of fused-ring (bicyclic) bond motifs is 1. The molecular formula is C12H15N3O. The van der Waals surface area contributed by atoms with E-state index in [0.717, 1.165) is 30.4 Å². The Morgan fingerprint density at radius 2 is 2.38 bits per heavy atom. The van der Waals surface area contributed by atoms with E-state index in [9.17, 15) is 5.11 Å². The van der Waals surface area contributed by atoms with Gasteiger partial charge in [0, 0.05) is 29.9 Å². The van der Waals surface area contributed by atoms with Crippen molar-refractivity contribution in [3.63, 3.8) is 0 Å². The molecule has 0 spiro atoms. The number of hydrogen-bond acceptors (Lipinski definition) is 3. The molecule has 0 bridgehead atoms. The van der Waals surface area contributed by atoms with Crippen molar-refractivity contribution in [3.8, 4) is 0 Å². The van der Waals surface area contributed by atoms with Gasteiger partial charge >= 0.3 is 0 Å². The molecule has 2 aromatic rings. The van der Waals surface area contributed by atoms with Crippen molar-refractivity contribution in [3.05, 3.63) is 30.1 Å². The Balaban J connectivity index is 1.79. The Morgan fingerprint density at radius 3 is 3.12 bits per heavy atom. The van der Waals surface area contributed by atoms with Crippen LogP contribution < -0.4 is 5.32 Å². The number of aromatic amines is 1. The standard InChI is InChI=1S/C12H15N3O/c16-8-12(3-4-12)15-7-9-6-14-11-10(9)2-1-5-13-11/h1-2,5-6,15-16H,3-4,7-8H2,(H,13,14). The number of pyridine rings is 1. The summed E-state index contributed by atoms with van der Waals surface area (Å²) in [5.41, 5.74) is 2.13. The fraction of sp³-hybridized carbons (Fsp3) is 0.417. The van der Waals surface area contributed by atoms with Gasteiger partial charge in [-0.25, -0.2) is 4.98 Å². The molecule has 2 heterocycles. The number of aliphatic hydroxyl groups is 1. The Labute approximate surface area is 93.7 Å². The number of hydrogen-bond donors (Lipinski definition) is 3. The summed E-state index contributed by atoms with van der Waals surface area (Å²) < 4.78 is 0. The first kappa shape index (κ1) is 9.81. The highest BCUT2D eigenvalue weighted by Gasteiger charge is 2.41. The zero-order valence-corrected chi connectivity index (χ0v) is 9.03. The highest BCUT2D eigenvalue weighted by molar-refractivity contribution is 5.79. The van der Waals surface area contributed by atoms with Gasteiger partial charge in [-0.2, -0.15) is 0 Å². The van der Waals surface area contributed by atoms with Crippen LogP contribution in [-0.4, -0.2) is 27.2 Å². The van der Waals surface area contributed by atoms with Crippen LogP contribution in [0.2, 0.25) is 0 Å². The van der Waals surface area contributed by atoms with Gasteiger partial charge < -0.3 is 15.4 Å². The molecule has 4 heteroatoms. The van der Waals surface area contributed by atoms with Crippen LogP contribution >= 0.6 is 0 Å². The van der Waals surface area contributed by atoms with Crippen LogP contribution in [0.25, 0.3) is 11.0 Å². The van der Waals surface area contributed by atoms with Gasteiger partial charge in [0.15, 0.2) is 0 Å². The van der Waals surface area contributed by atoms with E-state index in [0.29, 0.717) is 0 Å². The molecule has 0 radical (unpaired) electrons. The second-order valence-corrected chi connectivity index (χ2v) is 4.51. The molecule has 0 aromatic carbocycles. The third-order valence-corrected chi connectivity index (χ3v) is 3.35. The molecule has 0 atom stereocenters. The van der Waals surface area contributed by atoms with Crippen LogP contribution in [0.1, 0.15) is 18.4 Å². The summed E-state index contributed by atoms with van der Waals surface area (Å²) in [5, 5.41) is 13.8. The molecule has 0 unspecified atom stereocenters. The van der Waals surface area contributed by atoms with Gasteiger partial charge in [-0.15, -0.1) is 0 Å². The van der Waals surface area contributed by atoms with Gasteiger partial charge in [-0.3, -0.25) is 0 Å². The van der Waals surface area contributed by atoms with E-state index in [1.165, 1.54) is 5.56 Å². The second-order valence-electron chi connectivity index (χ2n) is 4.51. The van der Waals surface area contributed by atoms with Crippen LogP contribution in [0, 0.1) is 0 Å². The van der Waals surface area contributed by atoms with E-state index in [2.05, 4.69) is 21.4 Å². The average Bonchev–Trinajstić information content (AvgIpc) is 3.01. The van der Waals surface area contributed by atoms with Gasteiger partial charge in [0.25, 0.3) is 0 Å². The molecule has 1 fully saturated rings. The number of nitrogens with zero attached hydrogens (tertiary/aromatic N) is 1. The van der Waals surface area contributed by atoms with Gasteiger partial charge in [-0.05, 0) is 30.5 Å². The average molecular weight is 217 g/mol. The molecule has 1 aliphatic rings. The third kappa shape index (κ3) is 1.60. The maximum Gasteiger partial charge on any atom is 0.137 e. The molecule has 0 amide bonds. The van der Waals surface area contributed by atoms with E-state index in [4.69, 9.17) is 0 Å². The molecule has 1 aliphatic carbocycles. The monoisotopic (exact) mass is 217 g/mol. The molecule has 0 saturated heterocycles. The third-order valence-electron chi connectivity index (χ3n) is 3.35. The summed E-state index contributed by atoms with van der Waals surface area (Å²) in [6.45, 7) is 1.01. The topological polar surface area (TPSA) is 60.9 Å². The summed E-state index contributed by atoms with van der Waals surface area (Å²) in [4.78, 5) is 7.40. The van der Waals surface area contributed by atoms with Crippen LogP contribution in [0.3, 0.4) is 0 Å². The summed E-state index contributed by atoms with van der Waals surface area (Å²) >= 11 is 0. The summed E-state index contributed by atoms with van der Waals surface area (Å²) in [7, 11) is 0. The van der Waals surface area contributed by atoms with Gasteiger partial charge in [0.2, 0.25) is 0 Å². The maximum atomic E-state index is 9.22. The zero-order chi connectivity index (χ0) is 11.0. The lowest BCUT2D eigenvalue weighted by atomic mass is 10.2. The van der Waals surface area contributed by atoms with Crippen LogP contribution in [0.4, 0.5) is 0 Å². The largest absolute Gasteiger partial charge is 0.394 e. The number of H-pyrrole nitrogens is 1. The molecule has 2 aromatic heterocycles. The SMILES string of the molecule is OCC1(NCc2c[nH]c3ncccc23)CC1. The zero-order valence-electron chi connectivity index (χ0n) is 9.03. The Hall–Kier alpha value is -1.39. The number of aromatic nitrogens is 2. The normalized spacial score (nSPS) is 17.8. The van der Waals surface area contributed by atoms with E-state index >= 15 is 0 Å². The minimum atomic E-state index is -0.00813. The molecule has 84 valence electrons. The number of nitrogens with one attached hydrogen (secondary N) is 2. The summed E-state index contributed by atoms with van der Waals surface area (Å²) in [6.07, 6.45) is 5.92. The minimum Gasteiger partial charge on any atom is -0.394 e. The Morgan fingerprint density at radius 1 is 1.50 bits per heavy atom. The van der Waals surface area contributed by atoms with Crippen molar-refractivity contribution in [2.75, 3.05) is 6.61 Å². The van der Waals surface area contributed by atoms with Crippen molar-refractivity contribution in [2.24, 2.45) is 0 Å². The predicted molar refractivity (Wildman–Crippen MR) is 62.0 cm³/mol. The van der Waals surface area contributed by atoms with Crippen molar-refractivity contribution in [1.29, 1.82) is 0 Å². The smallest absolute Gasteiger partial charge is 0.137 e. The molecule has 1 saturated carbocycles. The minimum absolute atomic E-state index is 0.00813. The van der Waals surface area contributed by atoms with Crippen LogP contribution in [0.5, 0.6) is 0 Å². The van der Waals surface area contributed by atoms with E-state index in [1.807, 2.05) is 12.3 Å².